The molecule has 2 aromatic rings. The predicted molar refractivity (Wildman–Crippen MR) is 91.6 cm³/mol. The van der Waals surface area contributed by atoms with Crippen LogP contribution in [-0.4, -0.2) is 37.8 Å². The van der Waals surface area contributed by atoms with Crippen LogP contribution in [-0.2, 0) is 10.9 Å². The standard InChI is InChI=1S/C18H22F3N3O/c19-18(20,21)14-2-3-15-16(4-8-24-17(15)10-14)23-7-1-6-22-11-13-5-9-25-12-13/h2-4,8,10,13,22H,1,5-7,9,11-12H2,(H,23,24). The molecule has 1 fully saturated rings. The fourth-order valence-electron chi connectivity index (χ4n) is 2.97. The topological polar surface area (TPSA) is 46.2 Å². The first kappa shape index (κ1) is 17.9. The summed E-state index contributed by atoms with van der Waals surface area (Å²) in [6.07, 6.45) is -0.773. The zero-order valence-corrected chi connectivity index (χ0v) is 13.9. The normalized spacial score (nSPS) is 18.0. The van der Waals surface area contributed by atoms with Crippen molar-refractivity contribution in [1.29, 1.82) is 0 Å². The van der Waals surface area contributed by atoms with Gasteiger partial charge in [-0.3, -0.25) is 4.98 Å². The van der Waals surface area contributed by atoms with E-state index >= 15 is 0 Å². The zero-order valence-electron chi connectivity index (χ0n) is 13.9. The summed E-state index contributed by atoms with van der Waals surface area (Å²) in [7, 11) is 0. The van der Waals surface area contributed by atoms with Gasteiger partial charge in [-0.15, -0.1) is 0 Å². The SMILES string of the molecule is FC(F)(F)c1ccc2c(NCCCNCC3CCOC3)ccnc2c1. The molecule has 1 aliphatic rings. The molecule has 0 saturated carbocycles. The molecule has 1 aliphatic heterocycles. The highest BCUT2D eigenvalue weighted by atomic mass is 19.4. The highest BCUT2D eigenvalue weighted by molar-refractivity contribution is 5.91. The molecule has 25 heavy (non-hydrogen) atoms. The minimum atomic E-state index is -4.35. The van der Waals surface area contributed by atoms with E-state index in [0.717, 1.165) is 63.5 Å². The Morgan fingerprint density at radius 1 is 1.20 bits per heavy atom. The Kier molecular flexibility index (Phi) is 5.75. The van der Waals surface area contributed by atoms with E-state index < -0.39 is 11.7 Å². The third kappa shape index (κ3) is 4.83. The molecule has 3 rings (SSSR count). The van der Waals surface area contributed by atoms with Crippen LogP contribution in [0.15, 0.2) is 30.5 Å². The summed E-state index contributed by atoms with van der Waals surface area (Å²) in [5.41, 5.74) is 0.479. The Hall–Kier alpha value is -1.86. The molecule has 0 bridgehead atoms. The molecule has 1 aromatic heterocycles. The van der Waals surface area contributed by atoms with Gasteiger partial charge in [0.05, 0.1) is 17.7 Å². The molecule has 0 amide bonds. The van der Waals surface area contributed by atoms with Gasteiger partial charge in [0, 0.05) is 37.0 Å². The predicted octanol–water partition coefficient (Wildman–Crippen LogP) is 3.68. The molecule has 1 aromatic carbocycles. The van der Waals surface area contributed by atoms with Crippen LogP contribution in [0, 0.1) is 5.92 Å². The number of alkyl halides is 3. The average molecular weight is 353 g/mol. The lowest BCUT2D eigenvalue weighted by atomic mass is 10.1. The van der Waals surface area contributed by atoms with Gasteiger partial charge in [0.1, 0.15) is 0 Å². The molecule has 1 saturated heterocycles. The van der Waals surface area contributed by atoms with Crippen LogP contribution in [0.25, 0.3) is 10.9 Å². The maximum Gasteiger partial charge on any atom is 0.416 e. The Balaban J connectivity index is 1.51. The van der Waals surface area contributed by atoms with Gasteiger partial charge in [-0.25, -0.2) is 0 Å². The highest BCUT2D eigenvalue weighted by Crippen LogP contribution is 2.32. The molecule has 0 aliphatic carbocycles. The van der Waals surface area contributed by atoms with Crippen LogP contribution in [0.2, 0.25) is 0 Å². The highest BCUT2D eigenvalue weighted by Gasteiger charge is 2.30. The number of fused-ring (bicyclic) bond motifs is 1. The summed E-state index contributed by atoms with van der Waals surface area (Å²) < 4.78 is 43.7. The first-order valence-electron chi connectivity index (χ1n) is 8.52. The van der Waals surface area contributed by atoms with E-state index in [-0.39, 0.29) is 0 Å². The van der Waals surface area contributed by atoms with Gasteiger partial charge < -0.3 is 15.4 Å². The van der Waals surface area contributed by atoms with E-state index in [0.29, 0.717) is 16.8 Å². The zero-order chi connectivity index (χ0) is 17.7. The number of ether oxygens (including phenoxy) is 1. The lowest BCUT2D eigenvalue weighted by Gasteiger charge is -2.12. The smallest absolute Gasteiger partial charge is 0.384 e. The minimum absolute atomic E-state index is 0.346. The number of anilines is 1. The molecule has 0 spiro atoms. The van der Waals surface area contributed by atoms with Gasteiger partial charge in [-0.1, -0.05) is 6.07 Å². The van der Waals surface area contributed by atoms with Crippen LogP contribution in [0.3, 0.4) is 0 Å². The van der Waals surface area contributed by atoms with Gasteiger partial charge in [-0.2, -0.15) is 13.2 Å². The van der Waals surface area contributed by atoms with Crippen molar-refractivity contribution in [1.82, 2.24) is 10.3 Å². The Bertz CT molecular complexity index is 700. The average Bonchev–Trinajstić information content (AvgIpc) is 3.10. The second-order valence-electron chi connectivity index (χ2n) is 6.30. The van der Waals surface area contributed by atoms with Crippen molar-refractivity contribution in [3.8, 4) is 0 Å². The summed E-state index contributed by atoms with van der Waals surface area (Å²) in [5, 5.41) is 7.41. The number of benzene rings is 1. The largest absolute Gasteiger partial charge is 0.416 e. The number of nitrogens with one attached hydrogen (secondary N) is 2. The molecule has 136 valence electrons. The van der Waals surface area contributed by atoms with E-state index in [1.54, 1.807) is 6.07 Å². The third-order valence-electron chi connectivity index (χ3n) is 4.37. The van der Waals surface area contributed by atoms with Crippen molar-refractivity contribution in [3.05, 3.63) is 36.0 Å². The number of rotatable bonds is 7. The van der Waals surface area contributed by atoms with Crippen molar-refractivity contribution >= 4 is 16.6 Å². The van der Waals surface area contributed by atoms with E-state index in [9.17, 15) is 13.2 Å². The van der Waals surface area contributed by atoms with Crippen LogP contribution in [0.5, 0.6) is 0 Å². The van der Waals surface area contributed by atoms with Crippen molar-refractivity contribution < 1.29 is 17.9 Å². The molecule has 4 nitrogen and oxygen atoms in total. The van der Waals surface area contributed by atoms with Crippen molar-refractivity contribution in [2.45, 2.75) is 19.0 Å². The van der Waals surface area contributed by atoms with Crippen LogP contribution >= 0.6 is 0 Å². The van der Waals surface area contributed by atoms with Crippen molar-refractivity contribution in [3.63, 3.8) is 0 Å². The molecule has 1 atom stereocenters. The molecular formula is C18H22F3N3O. The number of pyridine rings is 1. The molecule has 0 radical (unpaired) electrons. The van der Waals surface area contributed by atoms with E-state index in [2.05, 4.69) is 15.6 Å². The monoisotopic (exact) mass is 353 g/mol. The van der Waals surface area contributed by atoms with Gasteiger partial charge in [0.25, 0.3) is 0 Å². The molecule has 2 heterocycles. The Morgan fingerprint density at radius 3 is 2.84 bits per heavy atom. The number of nitrogens with zero attached hydrogens (tertiary/aromatic N) is 1. The molecule has 1 unspecified atom stereocenters. The van der Waals surface area contributed by atoms with Gasteiger partial charge >= 0.3 is 6.18 Å². The summed E-state index contributed by atoms with van der Waals surface area (Å²) in [6.45, 7) is 4.31. The fraction of sp³-hybridized carbons (Fsp3) is 0.500. The summed E-state index contributed by atoms with van der Waals surface area (Å²) in [6, 6.07) is 5.46. The second kappa shape index (κ2) is 8.01. The van der Waals surface area contributed by atoms with Gasteiger partial charge in [0.2, 0.25) is 0 Å². The first-order valence-corrected chi connectivity index (χ1v) is 8.52. The maximum atomic E-state index is 12.8. The molecule has 2 N–H and O–H groups in total. The van der Waals surface area contributed by atoms with E-state index in [1.807, 2.05) is 0 Å². The number of aromatic nitrogens is 1. The lowest BCUT2D eigenvalue weighted by Crippen LogP contribution is -2.25. The Labute approximate surface area is 144 Å². The number of hydrogen-bond donors (Lipinski definition) is 2. The second-order valence-corrected chi connectivity index (χ2v) is 6.30. The summed E-state index contributed by atoms with van der Waals surface area (Å²) >= 11 is 0. The number of halogens is 3. The van der Waals surface area contributed by atoms with Crippen LogP contribution in [0.4, 0.5) is 18.9 Å². The third-order valence-corrected chi connectivity index (χ3v) is 4.37. The van der Waals surface area contributed by atoms with Crippen LogP contribution in [0.1, 0.15) is 18.4 Å². The summed E-state index contributed by atoms with van der Waals surface area (Å²) in [4.78, 5) is 4.05. The lowest BCUT2D eigenvalue weighted by molar-refractivity contribution is -0.137. The van der Waals surface area contributed by atoms with Crippen molar-refractivity contribution in [2.75, 3.05) is 38.2 Å². The van der Waals surface area contributed by atoms with E-state index in [1.165, 1.54) is 12.3 Å². The maximum absolute atomic E-state index is 12.8. The quantitative estimate of drug-likeness (QED) is 0.746. The number of hydrogen-bond acceptors (Lipinski definition) is 4. The van der Waals surface area contributed by atoms with Crippen molar-refractivity contribution in [2.24, 2.45) is 5.92 Å². The minimum Gasteiger partial charge on any atom is -0.384 e. The van der Waals surface area contributed by atoms with Gasteiger partial charge in [0.15, 0.2) is 0 Å². The van der Waals surface area contributed by atoms with E-state index in [4.69, 9.17) is 4.74 Å². The Morgan fingerprint density at radius 2 is 2.08 bits per heavy atom. The van der Waals surface area contributed by atoms with Gasteiger partial charge in [-0.05, 0) is 43.5 Å². The molecular weight excluding hydrogens is 331 g/mol. The first-order chi connectivity index (χ1) is 12.0. The summed E-state index contributed by atoms with van der Waals surface area (Å²) in [5.74, 6) is 0.611. The molecule has 7 heteroatoms. The van der Waals surface area contributed by atoms with Crippen LogP contribution < -0.4 is 10.6 Å². The fourth-order valence-corrected chi connectivity index (χ4v) is 2.97.